The second-order valence-corrected chi connectivity index (χ2v) is 5.15. The normalized spacial score (nSPS) is 11.8. The SMILES string of the molecule is O=C(CN[C@H](c1ccccc1)c1ccco1)Nc1ccccc1. The van der Waals surface area contributed by atoms with Crippen molar-refractivity contribution in [2.24, 2.45) is 0 Å². The number of carbonyl (C=O) groups excluding carboxylic acids is 1. The molecule has 2 N–H and O–H groups in total. The molecule has 1 amide bonds. The van der Waals surface area contributed by atoms with Gasteiger partial charge in [0.05, 0.1) is 18.8 Å². The Morgan fingerprint density at radius 3 is 2.26 bits per heavy atom. The van der Waals surface area contributed by atoms with Crippen LogP contribution in [0.15, 0.2) is 83.5 Å². The lowest BCUT2D eigenvalue weighted by atomic mass is 10.0. The summed E-state index contributed by atoms with van der Waals surface area (Å²) < 4.78 is 5.51. The molecule has 0 saturated heterocycles. The Bertz CT molecular complexity index is 725. The summed E-state index contributed by atoms with van der Waals surface area (Å²) in [7, 11) is 0. The smallest absolute Gasteiger partial charge is 0.238 e. The first kappa shape index (κ1) is 15.1. The number of amides is 1. The van der Waals surface area contributed by atoms with E-state index >= 15 is 0 Å². The molecule has 0 unspecified atom stereocenters. The Labute approximate surface area is 135 Å². The number of rotatable bonds is 6. The molecule has 1 aromatic heterocycles. The first-order valence-corrected chi connectivity index (χ1v) is 7.49. The molecule has 23 heavy (non-hydrogen) atoms. The molecule has 0 fully saturated rings. The monoisotopic (exact) mass is 306 g/mol. The van der Waals surface area contributed by atoms with Gasteiger partial charge in [0.2, 0.25) is 5.91 Å². The number of anilines is 1. The predicted molar refractivity (Wildman–Crippen MR) is 90.1 cm³/mol. The molecule has 0 aliphatic heterocycles. The first-order chi connectivity index (χ1) is 11.3. The van der Waals surface area contributed by atoms with Crippen molar-refractivity contribution in [3.8, 4) is 0 Å². The minimum atomic E-state index is -0.160. The van der Waals surface area contributed by atoms with Crippen molar-refractivity contribution < 1.29 is 9.21 Å². The molecule has 0 spiro atoms. The van der Waals surface area contributed by atoms with Crippen LogP contribution in [0.4, 0.5) is 5.69 Å². The van der Waals surface area contributed by atoms with Gasteiger partial charge in [0.1, 0.15) is 5.76 Å². The average Bonchev–Trinajstić information content (AvgIpc) is 3.11. The molecule has 116 valence electrons. The quantitative estimate of drug-likeness (QED) is 0.731. The highest BCUT2D eigenvalue weighted by Crippen LogP contribution is 2.22. The van der Waals surface area contributed by atoms with E-state index in [1.165, 1.54) is 0 Å². The van der Waals surface area contributed by atoms with Gasteiger partial charge in [-0.05, 0) is 29.8 Å². The van der Waals surface area contributed by atoms with Gasteiger partial charge in [0.25, 0.3) is 0 Å². The van der Waals surface area contributed by atoms with E-state index in [1.807, 2.05) is 72.8 Å². The van der Waals surface area contributed by atoms with Crippen molar-refractivity contribution in [2.45, 2.75) is 6.04 Å². The molecule has 1 heterocycles. The van der Waals surface area contributed by atoms with Crippen molar-refractivity contribution in [1.29, 1.82) is 0 Å². The number of furan rings is 1. The Morgan fingerprint density at radius 1 is 0.913 bits per heavy atom. The molecule has 0 aliphatic rings. The molecule has 0 saturated carbocycles. The van der Waals surface area contributed by atoms with Crippen LogP contribution in [-0.2, 0) is 4.79 Å². The fourth-order valence-electron chi connectivity index (χ4n) is 2.41. The zero-order valence-electron chi connectivity index (χ0n) is 12.6. The summed E-state index contributed by atoms with van der Waals surface area (Å²) in [5.74, 6) is 0.687. The number of benzene rings is 2. The van der Waals surface area contributed by atoms with Crippen LogP contribution in [0, 0.1) is 0 Å². The lowest BCUT2D eigenvalue weighted by molar-refractivity contribution is -0.115. The van der Waals surface area contributed by atoms with E-state index in [1.54, 1.807) is 6.26 Å². The molecule has 0 bridgehead atoms. The van der Waals surface area contributed by atoms with Crippen molar-refractivity contribution >= 4 is 11.6 Å². The van der Waals surface area contributed by atoms with Gasteiger partial charge in [0, 0.05) is 5.69 Å². The van der Waals surface area contributed by atoms with E-state index < -0.39 is 0 Å². The van der Waals surface area contributed by atoms with Gasteiger partial charge in [0.15, 0.2) is 0 Å². The summed E-state index contributed by atoms with van der Waals surface area (Å²) in [6.07, 6.45) is 1.64. The number of para-hydroxylation sites is 1. The Morgan fingerprint density at radius 2 is 1.61 bits per heavy atom. The molecule has 0 aliphatic carbocycles. The predicted octanol–water partition coefficient (Wildman–Crippen LogP) is 3.60. The molecule has 2 aromatic carbocycles. The second kappa shape index (κ2) is 7.42. The highest BCUT2D eigenvalue weighted by Gasteiger charge is 2.17. The van der Waals surface area contributed by atoms with Crippen LogP contribution in [0.3, 0.4) is 0 Å². The van der Waals surface area contributed by atoms with Crippen LogP contribution in [0.1, 0.15) is 17.4 Å². The number of carbonyl (C=O) groups is 1. The maximum atomic E-state index is 12.1. The van der Waals surface area contributed by atoms with E-state index in [0.29, 0.717) is 0 Å². The molecule has 1 atom stereocenters. The molecule has 3 aromatic rings. The molecule has 4 nitrogen and oxygen atoms in total. The first-order valence-electron chi connectivity index (χ1n) is 7.49. The Balaban J connectivity index is 1.66. The maximum absolute atomic E-state index is 12.1. The topological polar surface area (TPSA) is 54.3 Å². The van der Waals surface area contributed by atoms with Gasteiger partial charge in [-0.25, -0.2) is 0 Å². The largest absolute Gasteiger partial charge is 0.467 e. The maximum Gasteiger partial charge on any atom is 0.238 e. The van der Waals surface area contributed by atoms with E-state index in [4.69, 9.17) is 4.42 Å². The van der Waals surface area contributed by atoms with E-state index in [0.717, 1.165) is 17.0 Å². The van der Waals surface area contributed by atoms with E-state index in [9.17, 15) is 4.79 Å². The van der Waals surface area contributed by atoms with Crippen molar-refractivity contribution in [1.82, 2.24) is 5.32 Å². The summed E-state index contributed by atoms with van der Waals surface area (Å²) in [6, 6.07) is 22.9. The van der Waals surface area contributed by atoms with Crippen LogP contribution in [0.5, 0.6) is 0 Å². The molecule has 3 rings (SSSR count). The third-order valence-corrected chi connectivity index (χ3v) is 3.48. The highest BCUT2D eigenvalue weighted by molar-refractivity contribution is 5.92. The summed E-state index contributed by atoms with van der Waals surface area (Å²) in [6.45, 7) is 0.190. The Kier molecular flexibility index (Phi) is 4.86. The minimum Gasteiger partial charge on any atom is -0.467 e. The van der Waals surface area contributed by atoms with E-state index in [2.05, 4.69) is 10.6 Å². The van der Waals surface area contributed by atoms with Gasteiger partial charge >= 0.3 is 0 Å². The van der Waals surface area contributed by atoms with Gasteiger partial charge in [-0.2, -0.15) is 0 Å². The molecular weight excluding hydrogens is 288 g/mol. The van der Waals surface area contributed by atoms with Gasteiger partial charge < -0.3 is 9.73 Å². The van der Waals surface area contributed by atoms with Crippen LogP contribution in [0.25, 0.3) is 0 Å². The fourth-order valence-corrected chi connectivity index (χ4v) is 2.41. The zero-order valence-corrected chi connectivity index (χ0v) is 12.6. The van der Waals surface area contributed by atoms with Crippen molar-refractivity contribution in [2.75, 3.05) is 11.9 Å². The van der Waals surface area contributed by atoms with Crippen LogP contribution in [0.2, 0.25) is 0 Å². The molecular formula is C19H18N2O2. The van der Waals surface area contributed by atoms with Gasteiger partial charge in [-0.1, -0.05) is 48.5 Å². The molecule has 4 heteroatoms. The third-order valence-electron chi connectivity index (χ3n) is 3.48. The zero-order chi connectivity index (χ0) is 15.9. The Hall–Kier alpha value is -2.85. The molecule has 0 radical (unpaired) electrons. The number of nitrogens with one attached hydrogen (secondary N) is 2. The van der Waals surface area contributed by atoms with Crippen molar-refractivity contribution in [3.63, 3.8) is 0 Å². The second-order valence-electron chi connectivity index (χ2n) is 5.15. The third kappa shape index (κ3) is 4.08. The van der Waals surface area contributed by atoms with Crippen LogP contribution >= 0.6 is 0 Å². The average molecular weight is 306 g/mol. The van der Waals surface area contributed by atoms with Gasteiger partial charge in [-0.15, -0.1) is 0 Å². The highest BCUT2D eigenvalue weighted by atomic mass is 16.3. The minimum absolute atomic E-state index is 0.0938. The number of hydrogen-bond donors (Lipinski definition) is 2. The van der Waals surface area contributed by atoms with Crippen LogP contribution < -0.4 is 10.6 Å². The van der Waals surface area contributed by atoms with E-state index in [-0.39, 0.29) is 18.5 Å². The van der Waals surface area contributed by atoms with Crippen LogP contribution in [-0.4, -0.2) is 12.5 Å². The van der Waals surface area contributed by atoms with Crippen molar-refractivity contribution in [3.05, 3.63) is 90.4 Å². The summed E-state index contributed by atoms with van der Waals surface area (Å²) in [5.41, 5.74) is 1.84. The number of hydrogen-bond acceptors (Lipinski definition) is 3. The lowest BCUT2D eigenvalue weighted by Crippen LogP contribution is -2.31. The summed E-state index contributed by atoms with van der Waals surface area (Å²) >= 11 is 0. The fraction of sp³-hybridized carbons (Fsp3) is 0.105. The summed E-state index contributed by atoms with van der Waals surface area (Å²) in [4.78, 5) is 12.1. The summed E-state index contributed by atoms with van der Waals surface area (Å²) in [5, 5.41) is 6.11. The standard InChI is InChI=1S/C19H18N2O2/c22-18(21-16-10-5-2-6-11-16)14-20-19(17-12-7-13-23-17)15-8-3-1-4-9-15/h1-13,19-20H,14H2,(H,21,22)/t19-/m1/s1. The lowest BCUT2D eigenvalue weighted by Gasteiger charge is -2.17. The van der Waals surface area contributed by atoms with Gasteiger partial charge in [-0.3, -0.25) is 10.1 Å².